The first-order valence-electron chi connectivity index (χ1n) is 7.31. The van der Waals surface area contributed by atoms with Crippen LogP contribution in [0.2, 0.25) is 0 Å². The maximum atomic E-state index is 12.6. The van der Waals surface area contributed by atoms with Gasteiger partial charge in [-0.05, 0) is 44.5 Å². The van der Waals surface area contributed by atoms with E-state index in [-0.39, 0.29) is 23.1 Å². The van der Waals surface area contributed by atoms with Crippen molar-refractivity contribution in [1.82, 2.24) is 4.90 Å². The number of nitrogens with zero attached hydrogens (tertiary/aromatic N) is 1. The van der Waals surface area contributed by atoms with Crippen LogP contribution in [0.15, 0.2) is 29.2 Å². The molecule has 1 aromatic rings. The van der Waals surface area contributed by atoms with E-state index in [9.17, 15) is 18.0 Å². The normalized spacial score (nSPS) is 18.2. The van der Waals surface area contributed by atoms with Crippen LogP contribution in [-0.2, 0) is 14.6 Å². The number of sulfone groups is 1. The number of hydrogen-bond acceptors (Lipinski definition) is 5. The SMILES string of the molecule is CC(C)OC(=O)N1CC[C@H](S(=O)(=O)c2ccc(C(N)=O)cc2)C1. The molecule has 0 radical (unpaired) electrons. The van der Waals surface area contributed by atoms with E-state index in [0.717, 1.165) is 0 Å². The fourth-order valence-corrected chi connectivity index (χ4v) is 4.12. The van der Waals surface area contributed by atoms with Crippen LogP contribution in [0.5, 0.6) is 0 Å². The molecule has 1 aliphatic heterocycles. The summed E-state index contributed by atoms with van der Waals surface area (Å²) in [6, 6.07) is 5.50. The Bertz CT molecular complexity index is 697. The molecule has 2 amide bonds. The molecule has 0 aromatic heterocycles. The molecule has 1 aliphatic rings. The summed E-state index contributed by atoms with van der Waals surface area (Å²) in [6.07, 6.45) is -0.395. The van der Waals surface area contributed by atoms with Crippen molar-refractivity contribution in [3.8, 4) is 0 Å². The van der Waals surface area contributed by atoms with Crippen molar-refractivity contribution >= 4 is 21.8 Å². The molecular weight excluding hydrogens is 320 g/mol. The maximum absolute atomic E-state index is 12.6. The van der Waals surface area contributed by atoms with Crippen molar-refractivity contribution in [2.24, 2.45) is 5.73 Å². The van der Waals surface area contributed by atoms with Gasteiger partial charge >= 0.3 is 6.09 Å². The molecule has 0 unspecified atom stereocenters. The first-order valence-corrected chi connectivity index (χ1v) is 8.85. The predicted molar refractivity (Wildman–Crippen MR) is 83.7 cm³/mol. The van der Waals surface area contributed by atoms with E-state index >= 15 is 0 Å². The van der Waals surface area contributed by atoms with Gasteiger partial charge in [0.1, 0.15) is 0 Å². The number of amides is 2. The van der Waals surface area contributed by atoms with E-state index in [1.54, 1.807) is 13.8 Å². The summed E-state index contributed by atoms with van der Waals surface area (Å²) in [5, 5.41) is -0.679. The summed E-state index contributed by atoms with van der Waals surface area (Å²) in [5.41, 5.74) is 5.39. The number of carbonyl (C=O) groups is 2. The zero-order valence-corrected chi connectivity index (χ0v) is 13.9. The molecule has 1 atom stereocenters. The lowest BCUT2D eigenvalue weighted by atomic mass is 10.2. The zero-order chi connectivity index (χ0) is 17.2. The lowest BCUT2D eigenvalue weighted by Crippen LogP contribution is -2.33. The Labute approximate surface area is 135 Å². The summed E-state index contributed by atoms with van der Waals surface area (Å²) in [6.45, 7) is 3.92. The average molecular weight is 340 g/mol. The Morgan fingerprint density at radius 3 is 2.39 bits per heavy atom. The lowest BCUT2D eigenvalue weighted by Gasteiger charge is -2.18. The number of nitrogens with two attached hydrogens (primary N) is 1. The Balaban J connectivity index is 2.12. The largest absolute Gasteiger partial charge is 0.447 e. The first kappa shape index (κ1) is 17.3. The minimum absolute atomic E-state index is 0.103. The molecule has 0 aliphatic carbocycles. The van der Waals surface area contributed by atoms with Crippen LogP contribution in [-0.4, -0.2) is 49.8 Å². The number of likely N-dealkylation sites (tertiary alicyclic amines) is 1. The van der Waals surface area contributed by atoms with E-state index in [0.29, 0.717) is 13.0 Å². The van der Waals surface area contributed by atoms with Gasteiger partial charge < -0.3 is 15.4 Å². The molecule has 1 heterocycles. The van der Waals surface area contributed by atoms with Crippen LogP contribution in [0.4, 0.5) is 4.79 Å². The van der Waals surface area contributed by atoms with E-state index < -0.39 is 27.1 Å². The molecule has 0 spiro atoms. The number of hydrogen-bond donors (Lipinski definition) is 1. The number of ether oxygens (including phenoxy) is 1. The Hall–Kier alpha value is -2.09. The molecule has 126 valence electrons. The standard InChI is InChI=1S/C15H20N2O5S/c1-10(2)22-15(19)17-8-7-13(9-17)23(20,21)12-5-3-11(4-6-12)14(16)18/h3-6,10,13H,7-9H2,1-2H3,(H2,16,18)/t13-/m0/s1. The van der Waals surface area contributed by atoms with Gasteiger partial charge in [-0.25, -0.2) is 13.2 Å². The Kier molecular flexibility index (Phi) is 4.93. The number of carbonyl (C=O) groups excluding carboxylic acids is 2. The van der Waals surface area contributed by atoms with Gasteiger partial charge in [-0.3, -0.25) is 4.79 Å². The van der Waals surface area contributed by atoms with Crippen LogP contribution in [0.1, 0.15) is 30.6 Å². The summed E-state index contributed by atoms with van der Waals surface area (Å²) < 4.78 is 30.3. The molecule has 23 heavy (non-hydrogen) atoms. The van der Waals surface area contributed by atoms with Crippen LogP contribution in [0, 0.1) is 0 Å². The van der Waals surface area contributed by atoms with E-state index in [1.807, 2.05) is 0 Å². The minimum atomic E-state index is -3.58. The van der Waals surface area contributed by atoms with Crippen molar-refractivity contribution < 1.29 is 22.7 Å². The van der Waals surface area contributed by atoms with E-state index in [1.165, 1.54) is 29.2 Å². The van der Waals surface area contributed by atoms with Gasteiger partial charge in [-0.15, -0.1) is 0 Å². The van der Waals surface area contributed by atoms with Gasteiger partial charge in [0.15, 0.2) is 9.84 Å². The summed E-state index contributed by atoms with van der Waals surface area (Å²) in [5.74, 6) is -0.613. The van der Waals surface area contributed by atoms with Crippen LogP contribution < -0.4 is 5.73 Å². The van der Waals surface area contributed by atoms with Crippen molar-refractivity contribution in [2.75, 3.05) is 13.1 Å². The molecular formula is C15H20N2O5S. The van der Waals surface area contributed by atoms with Crippen LogP contribution in [0.25, 0.3) is 0 Å². The molecule has 2 rings (SSSR count). The molecule has 0 bridgehead atoms. The predicted octanol–water partition coefficient (Wildman–Crippen LogP) is 1.18. The molecule has 8 heteroatoms. The fourth-order valence-electron chi connectivity index (χ4n) is 2.42. The van der Waals surface area contributed by atoms with Gasteiger partial charge in [0, 0.05) is 18.7 Å². The molecule has 2 N–H and O–H groups in total. The van der Waals surface area contributed by atoms with Gasteiger partial charge in [0.2, 0.25) is 5.91 Å². The summed E-state index contributed by atoms with van der Waals surface area (Å²) in [7, 11) is -3.58. The smallest absolute Gasteiger partial charge is 0.410 e. The monoisotopic (exact) mass is 340 g/mol. The zero-order valence-electron chi connectivity index (χ0n) is 13.1. The summed E-state index contributed by atoms with van der Waals surface area (Å²) in [4.78, 5) is 24.4. The highest BCUT2D eigenvalue weighted by molar-refractivity contribution is 7.92. The van der Waals surface area contributed by atoms with Crippen molar-refractivity contribution in [3.63, 3.8) is 0 Å². The third kappa shape index (κ3) is 3.82. The highest BCUT2D eigenvalue weighted by Crippen LogP contribution is 2.24. The Morgan fingerprint density at radius 2 is 1.87 bits per heavy atom. The van der Waals surface area contributed by atoms with Gasteiger partial charge in [-0.1, -0.05) is 0 Å². The van der Waals surface area contributed by atoms with Gasteiger partial charge in [-0.2, -0.15) is 0 Å². The third-order valence-corrected chi connectivity index (χ3v) is 5.84. The molecule has 0 saturated carbocycles. The van der Waals surface area contributed by atoms with Crippen LogP contribution >= 0.6 is 0 Å². The maximum Gasteiger partial charge on any atom is 0.410 e. The van der Waals surface area contributed by atoms with Gasteiger partial charge in [0.05, 0.1) is 16.2 Å². The molecule has 1 fully saturated rings. The van der Waals surface area contributed by atoms with Crippen molar-refractivity contribution in [1.29, 1.82) is 0 Å². The average Bonchev–Trinajstić information content (AvgIpc) is 2.97. The second kappa shape index (κ2) is 6.57. The third-order valence-electron chi connectivity index (χ3n) is 3.65. The van der Waals surface area contributed by atoms with E-state index in [2.05, 4.69) is 0 Å². The number of benzene rings is 1. The highest BCUT2D eigenvalue weighted by atomic mass is 32.2. The van der Waals surface area contributed by atoms with Crippen LogP contribution in [0.3, 0.4) is 0 Å². The van der Waals surface area contributed by atoms with E-state index in [4.69, 9.17) is 10.5 Å². The highest BCUT2D eigenvalue weighted by Gasteiger charge is 2.36. The van der Waals surface area contributed by atoms with Gasteiger partial charge in [0.25, 0.3) is 0 Å². The Morgan fingerprint density at radius 1 is 1.26 bits per heavy atom. The quantitative estimate of drug-likeness (QED) is 0.885. The fraction of sp³-hybridized carbons (Fsp3) is 0.467. The lowest BCUT2D eigenvalue weighted by molar-refractivity contribution is 0.0837. The number of rotatable bonds is 4. The summed E-state index contributed by atoms with van der Waals surface area (Å²) >= 11 is 0. The molecule has 1 aromatic carbocycles. The topological polar surface area (TPSA) is 107 Å². The van der Waals surface area contributed by atoms with Crippen molar-refractivity contribution in [2.45, 2.75) is 36.5 Å². The first-order chi connectivity index (χ1) is 10.7. The second-order valence-corrected chi connectivity index (χ2v) is 7.95. The molecule has 1 saturated heterocycles. The number of primary amides is 1. The second-order valence-electron chi connectivity index (χ2n) is 5.72. The minimum Gasteiger partial charge on any atom is -0.447 e. The van der Waals surface area contributed by atoms with Crippen molar-refractivity contribution in [3.05, 3.63) is 29.8 Å². The molecule has 7 nitrogen and oxygen atoms in total.